The van der Waals surface area contributed by atoms with Crippen molar-refractivity contribution in [2.75, 3.05) is 4.90 Å². The Balaban J connectivity index is 2.61. The van der Waals surface area contributed by atoms with Crippen molar-refractivity contribution < 1.29 is 28.8 Å². The number of carbonyl (C=O) groups is 3. The van der Waals surface area contributed by atoms with Crippen LogP contribution in [-0.4, -0.2) is 34.0 Å². The number of carbonyl (C=O) groups excluding carboxylic acids is 2. The number of carboxylic acid groups (broad SMARTS) is 1. The highest BCUT2D eigenvalue weighted by atomic mass is 19.1. The Bertz CT molecular complexity index is 919. The van der Waals surface area contributed by atoms with Gasteiger partial charge in [0.25, 0.3) is 17.5 Å². The van der Waals surface area contributed by atoms with E-state index in [0.29, 0.717) is 4.90 Å². The van der Waals surface area contributed by atoms with Crippen molar-refractivity contribution >= 4 is 29.3 Å². The van der Waals surface area contributed by atoms with Gasteiger partial charge >= 0.3 is 6.09 Å². The molecule has 2 aromatic carbocycles. The van der Waals surface area contributed by atoms with Crippen LogP contribution in [0.1, 0.15) is 23.7 Å². The third-order valence-corrected chi connectivity index (χ3v) is 3.84. The van der Waals surface area contributed by atoms with E-state index < -0.39 is 45.9 Å². The van der Waals surface area contributed by atoms with E-state index in [-0.39, 0.29) is 12.1 Å². The van der Waals surface area contributed by atoms with Gasteiger partial charge in [0.1, 0.15) is 11.9 Å². The van der Waals surface area contributed by atoms with Crippen LogP contribution in [0.2, 0.25) is 0 Å². The molecule has 0 aliphatic carbocycles. The van der Waals surface area contributed by atoms with E-state index in [0.717, 1.165) is 18.2 Å². The molecule has 0 aliphatic rings. The number of para-hydroxylation sites is 1. The predicted octanol–water partition coefficient (Wildman–Crippen LogP) is 2.95. The van der Waals surface area contributed by atoms with E-state index in [4.69, 9.17) is 5.11 Å². The third kappa shape index (κ3) is 4.29. The largest absolute Gasteiger partial charge is 0.465 e. The molecule has 2 N–H and O–H groups in total. The predicted molar refractivity (Wildman–Crippen MR) is 96.6 cm³/mol. The van der Waals surface area contributed by atoms with Crippen LogP contribution in [0.4, 0.5) is 20.6 Å². The quantitative estimate of drug-likeness (QED) is 0.577. The molecular weight excluding hydrogens is 373 g/mol. The number of rotatable bonds is 6. The SMILES string of the molecule is CCC(NC(=O)O)C(=O)N(C(=O)c1c(F)cccc1[N+](=O)[O-])c1ccccc1. The molecule has 10 heteroatoms. The molecule has 0 saturated heterocycles. The topological polar surface area (TPSA) is 130 Å². The van der Waals surface area contributed by atoms with Crippen LogP contribution in [0.3, 0.4) is 0 Å². The number of nitrogens with one attached hydrogen (secondary N) is 1. The summed E-state index contributed by atoms with van der Waals surface area (Å²) in [5.41, 5.74) is -1.69. The molecule has 28 heavy (non-hydrogen) atoms. The maximum atomic E-state index is 14.3. The van der Waals surface area contributed by atoms with Gasteiger partial charge in [0.05, 0.1) is 10.6 Å². The molecule has 9 nitrogen and oxygen atoms in total. The Morgan fingerprint density at radius 3 is 2.36 bits per heavy atom. The van der Waals surface area contributed by atoms with Crippen LogP contribution in [0, 0.1) is 15.9 Å². The molecule has 3 amide bonds. The number of nitro groups is 1. The summed E-state index contributed by atoms with van der Waals surface area (Å²) in [6, 6.07) is 8.92. The van der Waals surface area contributed by atoms with E-state index in [1.54, 1.807) is 6.07 Å². The number of hydrogen-bond donors (Lipinski definition) is 2. The van der Waals surface area contributed by atoms with E-state index in [2.05, 4.69) is 0 Å². The molecule has 1 atom stereocenters. The monoisotopic (exact) mass is 389 g/mol. The molecule has 0 aliphatic heterocycles. The highest BCUT2D eigenvalue weighted by Gasteiger charge is 2.35. The lowest BCUT2D eigenvalue weighted by Gasteiger charge is -2.25. The Kier molecular flexibility index (Phi) is 6.38. The van der Waals surface area contributed by atoms with E-state index >= 15 is 0 Å². The fraction of sp³-hybridized carbons (Fsp3) is 0.167. The number of hydrogen-bond acceptors (Lipinski definition) is 5. The minimum absolute atomic E-state index is 0.00110. The van der Waals surface area contributed by atoms with Crippen molar-refractivity contribution in [3.8, 4) is 0 Å². The fourth-order valence-corrected chi connectivity index (χ4v) is 2.55. The normalized spacial score (nSPS) is 11.4. The maximum Gasteiger partial charge on any atom is 0.405 e. The van der Waals surface area contributed by atoms with Crippen LogP contribution in [0.15, 0.2) is 48.5 Å². The Labute approximate surface area is 158 Å². The lowest BCUT2D eigenvalue weighted by atomic mass is 10.1. The van der Waals surface area contributed by atoms with Crippen molar-refractivity contribution in [2.45, 2.75) is 19.4 Å². The summed E-state index contributed by atoms with van der Waals surface area (Å²) in [6.45, 7) is 1.51. The average molecular weight is 389 g/mol. The molecule has 0 radical (unpaired) electrons. The molecule has 0 saturated carbocycles. The van der Waals surface area contributed by atoms with Gasteiger partial charge < -0.3 is 10.4 Å². The lowest BCUT2D eigenvalue weighted by Crippen LogP contribution is -2.50. The second kappa shape index (κ2) is 8.71. The van der Waals surface area contributed by atoms with Crippen molar-refractivity contribution in [3.63, 3.8) is 0 Å². The zero-order valence-electron chi connectivity index (χ0n) is 14.7. The Morgan fingerprint density at radius 2 is 1.82 bits per heavy atom. The van der Waals surface area contributed by atoms with Crippen LogP contribution >= 0.6 is 0 Å². The van der Waals surface area contributed by atoms with Crippen molar-refractivity contribution in [1.29, 1.82) is 0 Å². The second-order valence-electron chi connectivity index (χ2n) is 5.62. The molecule has 1 unspecified atom stereocenters. The molecule has 2 rings (SSSR count). The Morgan fingerprint density at radius 1 is 1.18 bits per heavy atom. The average Bonchev–Trinajstić information content (AvgIpc) is 2.66. The molecule has 0 fully saturated rings. The van der Waals surface area contributed by atoms with E-state index in [1.807, 2.05) is 5.32 Å². The summed E-state index contributed by atoms with van der Waals surface area (Å²) in [5.74, 6) is -3.43. The summed E-state index contributed by atoms with van der Waals surface area (Å²) in [6.07, 6.45) is -1.49. The standard InChI is InChI=1S/C18H16FN3O6/c1-2-13(20-18(25)26)16(23)21(11-7-4-3-5-8-11)17(24)15-12(19)9-6-10-14(15)22(27)28/h3-10,13,20H,2H2,1H3,(H,25,26). The molecule has 2 aromatic rings. The fourth-order valence-electron chi connectivity index (χ4n) is 2.55. The zero-order valence-corrected chi connectivity index (χ0v) is 14.7. The summed E-state index contributed by atoms with van der Waals surface area (Å²) < 4.78 is 14.3. The number of benzene rings is 2. The molecular formula is C18H16FN3O6. The molecule has 0 bridgehead atoms. The highest BCUT2D eigenvalue weighted by molar-refractivity contribution is 6.23. The number of anilines is 1. The number of imide groups is 1. The first kappa shape index (κ1) is 20.5. The minimum atomic E-state index is -1.49. The summed E-state index contributed by atoms with van der Waals surface area (Å²) in [5, 5.41) is 22.1. The summed E-state index contributed by atoms with van der Waals surface area (Å²) in [4.78, 5) is 47.7. The van der Waals surface area contributed by atoms with Gasteiger partial charge in [0, 0.05) is 6.07 Å². The van der Waals surface area contributed by atoms with Gasteiger partial charge in [-0.15, -0.1) is 0 Å². The molecule has 0 spiro atoms. The highest BCUT2D eigenvalue weighted by Crippen LogP contribution is 2.26. The summed E-state index contributed by atoms with van der Waals surface area (Å²) in [7, 11) is 0. The lowest BCUT2D eigenvalue weighted by molar-refractivity contribution is -0.385. The van der Waals surface area contributed by atoms with Gasteiger partial charge in [-0.05, 0) is 24.6 Å². The van der Waals surface area contributed by atoms with Gasteiger partial charge in [0.15, 0.2) is 5.56 Å². The third-order valence-electron chi connectivity index (χ3n) is 3.84. The number of amides is 3. The van der Waals surface area contributed by atoms with Crippen LogP contribution in [0.25, 0.3) is 0 Å². The van der Waals surface area contributed by atoms with Gasteiger partial charge in [-0.1, -0.05) is 31.2 Å². The first-order valence-electron chi connectivity index (χ1n) is 8.13. The van der Waals surface area contributed by atoms with Crippen molar-refractivity contribution in [1.82, 2.24) is 5.32 Å². The first-order chi connectivity index (χ1) is 13.3. The number of nitro benzene ring substituents is 1. The van der Waals surface area contributed by atoms with Gasteiger partial charge in [-0.25, -0.2) is 14.1 Å². The smallest absolute Gasteiger partial charge is 0.405 e. The number of halogens is 1. The Hall–Kier alpha value is -3.82. The van der Waals surface area contributed by atoms with Gasteiger partial charge in [0.2, 0.25) is 0 Å². The van der Waals surface area contributed by atoms with Gasteiger partial charge in [-0.2, -0.15) is 0 Å². The molecule has 0 aromatic heterocycles. The molecule has 146 valence electrons. The summed E-state index contributed by atoms with van der Waals surface area (Å²) >= 11 is 0. The van der Waals surface area contributed by atoms with E-state index in [1.165, 1.54) is 31.2 Å². The van der Waals surface area contributed by atoms with E-state index in [9.17, 15) is 28.9 Å². The first-order valence-corrected chi connectivity index (χ1v) is 8.13. The minimum Gasteiger partial charge on any atom is -0.465 e. The zero-order chi connectivity index (χ0) is 20.8. The van der Waals surface area contributed by atoms with Crippen LogP contribution in [-0.2, 0) is 4.79 Å². The van der Waals surface area contributed by atoms with Crippen LogP contribution < -0.4 is 10.2 Å². The van der Waals surface area contributed by atoms with Gasteiger partial charge in [-0.3, -0.25) is 19.7 Å². The van der Waals surface area contributed by atoms with Crippen LogP contribution in [0.5, 0.6) is 0 Å². The molecule has 0 heterocycles. The number of nitrogens with zero attached hydrogens (tertiary/aromatic N) is 2. The second-order valence-corrected chi connectivity index (χ2v) is 5.62. The maximum absolute atomic E-state index is 14.3. The van der Waals surface area contributed by atoms with Crippen molar-refractivity contribution in [2.24, 2.45) is 0 Å². The van der Waals surface area contributed by atoms with Crippen molar-refractivity contribution in [3.05, 3.63) is 70.0 Å².